The number of fused-ring (bicyclic) bond motifs is 1. The lowest BCUT2D eigenvalue weighted by Gasteiger charge is -2.20. The molecule has 3 rings (SSSR count). The van der Waals surface area contributed by atoms with Crippen molar-refractivity contribution in [2.45, 2.75) is 20.5 Å². The third-order valence-corrected chi connectivity index (χ3v) is 2.41. The number of aryl methyl sites for hydroxylation is 2. The molecule has 0 spiro atoms. The van der Waals surface area contributed by atoms with Gasteiger partial charge in [-0.25, -0.2) is 0 Å². The molecular weight excluding hydrogens is 200 g/mol. The van der Waals surface area contributed by atoms with Crippen LogP contribution in [0.2, 0.25) is 0 Å². The lowest BCUT2D eigenvalue weighted by atomic mass is 10.1. The quantitative estimate of drug-likeness (QED) is 0.676. The van der Waals surface area contributed by atoms with E-state index in [0.717, 1.165) is 12.4 Å². The molecule has 1 aliphatic heterocycles. The highest BCUT2D eigenvalue weighted by Crippen LogP contribution is 2.29. The largest absolute Gasteiger partial charge is 0.487 e. The summed E-state index contributed by atoms with van der Waals surface area (Å²) in [5, 5.41) is 0. The molecule has 3 heterocycles. The fourth-order valence-electron chi connectivity index (χ4n) is 1.39. The van der Waals surface area contributed by atoms with E-state index in [1.54, 1.807) is 12.4 Å². The van der Waals surface area contributed by atoms with E-state index in [9.17, 15) is 0 Å². The standard InChI is InChI=1S/C7H7NO.C6H7N/c1-5-2-8-3-7-6(5)4-9-7;1-6-3-2-4-7-5-6/h2-3H,4H2,1H3;2-5H,1H3. The number of nitrogens with zero attached hydrogens (tertiary/aromatic N) is 2. The van der Waals surface area contributed by atoms with E-state index in [0.29, 0.717) is 0 Å². The van der Waals surface area contributed by atoms with Gasteiger partial charge in [-0.3, -0.25) is 9.97 Å². The first-order chi connectivity index (χ1) is 7.77. The van der Waals surface area contributed by atoms with E-state index in [1.165, 1.54) is 16.7 Å². The first kappa shape index (κ1) is 10.6. The summed E-state index contributed by atoms with van der Waals surface area (Å²) in [5.41, 5.74) is 3.76. The van der Waals surface area contributed by atoms with Crippen molar-refractivity contribution in [2.75, 3.05) is 0 Å². The van der Waals surface area contributed by atoms with E-state index < -0.39 is 0 Å². The van der Waals surface area contributed by atoms with Crippen molar-refractivity contribution in [3.05, 3.63) is 53.6 Å². The van der Waals surface area contributed by atoms with Crippen LogP contribution in [0.15, 0.2) is 36.9 Å². The lowest BCUT2D eigenvalue weighted by Crippen LogP contribution is -2.11. The fraction of sp³-hybridized carbons (Fsp3) is 0.231. The van der Waals surface area contributed by atoms with Crippen LogP contribution in [0.25, 0.3) is 0 Å². The van der Waals surface area contributed by atoms with Gasteiger partial charge in [0, 0.05) is 24.2 Å². The van der Waals surface area contributed by atoms with Crippen LogP contribution in [0.4, 0.5) is 0 Å². The number of hydrogen-bond donors (Lipinski definition) is 0. The van der Waals surface area contributed by atoms with Gasteiger partial charge in [0.05, 0.1) is 6.20 Å². The summed E-state index contributed by atoms with van der Waals surface area (Å²) in [7, 11) is 0. The Morgan fingerprint density at radius 3 is 2.38 bits per heavy atom. The van der Waals surface area contributed by atoms with Crippen LogP contribution in [0, 0.1) is 13.8 Å². The molecule has 82 valence electrons. The molecule has 3 nitrogen and oxygen atoms in total. The van der Waals surface area contributed by atoms with Gasteiger partial charge in [0.25, 0.3) is 0 Å². The highest BCUT2D eigenvalue weighted by atomic mass is 16.5. The average Bonchev–Trinajstić information content (AvgIpc) is 2.23. The van der Waals surface area contributed by atoms with Gasteiger partial charge in [0.15, 0.2) is 0 Å². The van der Waals surface area contributed by atoms with Crippen LogP contribution >= 0.6 is 0 Å². The second kappa shape index (κ2) is 4.75. The first-order valence-electron chi connectivity index (χ1n) is 5.20. The number of ether oxygens (including phenoxy) is 1. The third kappa shape index (κ3) is 2.37. The molecule has 2 aromatic heterocycles. The van der Waals surface area contributed by atoms with Gasteiger partial charge in [0.1, 0.15) is 12.4 Å². The summed E-state index contributed by atoms with van der Waals surface area (Å²) in [6.45, 7) is 4.84. The summed E-state index contributed by atoms with van der Waals surface area (Å²) < 4.78 is 5.09. The lowest BCUT2D eigenvalue weighted by molar-refractivity contribution is 0.240. The van der Waals surface area contributed by atoms with Gasteiger partial charge >= 0.3 is 0 Å². The minimum absolute atomic E-state index is 0.768. The average molecular weight is 214 g/mol. The fourth-order valence-corrected chi connectivity index (χ4v) is 1.39. The molecule has 0 atom stereocenters. The van der Waals surface area contributed by atoms with Crippen LogP contribution in [0.3, 0.4) is 0 Å². The molecule has 0 unspecified atom stereocenters. The van der Waals surface area contributed by atoms with Gasteiger partial charge in [0.2, 0.25) is 0 Å². The Hall–Kier alpha value is -1.90. The molecule has 1 aliphatic rings. The zero-order valence-electron chi connectivity index (χ0n) is 9.47. The van der Waals surface area contributed by atoms with Crippen LogP contribution in [-0.2, 0) is 6.61 Å². The molecule has 16 heavy (non-hydrogen) atoms. The second-order valence-corrected chi connectivity index (χ2v) is 3.75. The van der Waals surface area contributed by atoms with Gasteiger partial charge in [-0.2, -0.15) is 0 Å². The molecule has 0 radical (unpaired) electrons. The molecule has 0 bridgehead atoms. The van der Waals surface area contributed by atoms with Crippen molar-refractivity contribution < 1.29 is 4.74 Å². The highest BCUT2D eigenvalue weighted by molar-refractivity contribution is 5.40. The number of rotatable bonds is 0. The van der Waals surface area contributed by atoms with Crippen molar-refractivity contribution in [3.63, 3.8) is 0 Å². The third-order valence-electron chi connectivity index (χ3n) is 2.41. The number of aromatic nitrogens is 2. The molecule has 0 aromatic carbocycles. The van der Waals surface area contributed by atoms with Crippen molar-refractivity contribution in [1.82, 2.24) is 9.97 Å². The van der Waals surface area contributed by atoms with Crippen LogP contribution in [0.5, 0.6) is 5.75 Å². The maximum absolute atomic E-state index is 5.09. The molecule has 2 aromatic rings. The van der Waals surface area contributed by atoms with Gasteiger partial charge < -0.3 is 4.74 Å². The number of hydrogen-bond acceptors (Lipinski definition) is 3. The Morgan fingerprint density at radius 2 is 2.00 bits per heavy atom. The molecule has 0 amide bonds. The van der Waals surface area contributed by atoms with Gasteiger partial charge in [-0.1, -0.05) is 6.07 Å². The van der Waals surface area contributed by atoms with Crippen LogP contribution in [-0.4, -0.2) is 9.97 Å². The first-order valence-corrected chi connectivity index (χ1v) is 5.20. The minimum Gasteiger partial charge on any atom is -0.487 e. The van der Waals surface area contributed by atoms with E-state index in [2.05, 4.69) is 9.97 Å². The Morgan fingerprint density at radius 1 is 1.12 bits per heavy atom. The monoisotopic (exact) mass is 214 g/mol. The maximum atomic E-state index is 5.09. The molecule has 0 N–H and O–H groups in total. The maximum Gasteiger partial charge on any atom is 0.144 e. The number of pyridine rings is 2. The van der Waals surface area contributed by atoms with Gasteiger partial charge in [-0.05, 0) is 31.0 Å². The molecule has 0 fully saturated rings. The Bertz CT molecular complexity index is 454. The Labute approximate surface area is 95.1 Å². The van der Waals surface area contributed by atoms with Crippen LogP contribution in [0.1, 0.15) is 16.7 Å². The topological polar surface area (TPSA) is 35.0 Å². The second-order valence-electron chi connectivity index (χ2n) is 3.75. The summed E-state index contributed by atoms with van der Waals surface area (Å²) in [5.74, 6) is 0.954. The van der Waals surface area contributed by atoms with E-state index in [4.69, 9.17) is 4.74 Å². The summed E-state index contributed by atoms with van der Waals surface area (Å²) in [4.78, 5) is 7.86. The predicted molar refractivity (Wildman–Crippen MR) is 62.3 cm³/mol. The zero-order chi connectivity index (χ0) is 11.4. The minimum atomic E-state index is 0.768. The normalized spacial score (nSPS) is 11.4. The zero-order valence-corrected chi connectivity index (χ0v) is 9.47. The van der Waals surface area contributed by atoms with Crippen LogP contribution < -0.4 is 4.74 Å². The Kier molecular flexibility index (Phi) is 3.15. The SMILES string of the molecule is Cc1cccnc1.Cc1cncc2c1CO2. The molecule has 0 saturated heterocycles. The van der Waals surface area contributed by atoms with Crippen molar-refractivity contribution in [3.8, 4) is 5.75 Å². The molecule has 0 saturated carbocycles. The van der Waals surface area contributed by atoms with Crippen molar-refractivity contribution in [1.29, 1.82) is 0 Å². The van der Waals surface area contributed by atoms with E-state index in [-0.39, 0.29) is 0 Å². The summed E-state index contributed by atoms with van der Waals surface area (Å²) in [6.07, 6.45) is 7.22. The van der Waals surface area contributed by atoms with E-state index in [1.807, 2.05) is 38.4 Å². The van der Waals surface area contributed by atoms with Crippen molar-refractivity contribution in [2.24, 2.45) is 0 Å². The molecule has 3 heteroatoms. The van der Waals surface area contributed by atoms with E-state index >= 15 is 0 Å². The molecule has 0 aliphatic carbocycles. The summed E-state index contributed by atoms with van der Waals surface area (Å²) >= 11 is 0. The van der Waals surface area contributed by atoms with Gasteiger partial charge in [-0.15, -0.1) is 0 Å². The molecular formula is C13H14N2O. The smallest absolute Gasteiger partial charge is 0.144 e. The Balaban J connectivity index is 0.000000125. The van der Waals surface area contributed by atoms with Crippen molar-refractivity contribution >= 4 is 0 Å². The predicted octanol–water partition coefficient (Wildman–Crippen LogP) is 2.67. The summed E-state index contributed by atoms with van der Waals surface area (Å²) in [6, 6.07) is 3.95. The highest BCUT2D eigenvalue weighted by Gasteiger charge is 2.15.